The SMILES string of the molecule is CC(C)(C)OC(=O)N[C@H](COCc1ccccc1)C(=O)N[C@H](CC#N)CCOc1ccccn1. The lowest BCUT2D eigenvalue weighted by Gasteiger charge is -2.25. The smallest absolute Gasteiger partial charge is 0.408 e. The minimum atomic E-state index is -1.00. The molecule has 1 aromatic heterocycles. The zero-order valence-corrected chi connectivity index (χ0v) is 19.8. The van der Waals surface area contributed by atoms with Gasteiger partial charge in [0, 0.05) is 24.7 Å². The molecular weight excluding hydrogens is 436 g/mol. The standard InChI is InChI=1S/C25H32N4O5/c1-25(2,3)34-24(31)29-21(18-32-17-19-9-5-4-6-10-19)23(30)28-20(12-14-26)13-16-33-22-11-7-8-15-27-22/h4-11,15,20-21H,12-13,16-18H2,1-3H3,(H,28,30)(H,29,31)/t20-,21-/m1/s1. The first-order valence-corrected chi connectivity index (χ1v) is 11.1. The van der Waals surface area contributed by atoms with Gasteiger partial charge >= 0.3 is 6.09 Å². The summed E-state index contributed by atoms with van der Waals surface area (Å²) in [6.07, 6.45) is 1.36. The summed E-state index contributed by atoms with van der Waals surface area (Å²) >= 11 is 0. The highest BCUT2D eigenvalue weighted by Gasteiger charge is 2.26. The minimum Gasteiger partial charge on any atom is -0.478 e. The van der Waals surface area contributed by atoms with Gasteiger partial charge in [0.25, 0.3) is 0 Å². The molecule has 1 heterocycles. The highest BCUT2D eigenvalue weighted by molar-refractivity contribution is 5.86. The fourth-order valence-electron chi connectivity index (χ4n) is 2.88. The Kier molecular flexibility index (Phi) is 10.8. The van der Waals surface area contributed by atoms with E-state index in [9.17, 15) is 14.9 Å². The maximum Gasteiger partial charge on any atom is 0.408 e. The maximum absolute atomic E-state index is 13.0. The molecule has 0 spiro atoms. The maximum atomic E-state index is 13.0. The topological polar surface area (TPSA) is 123 Å². The number of aromatic nitrogens is 1. The molecule has 2 rings (SSSR count). The fraction of sp³-hybridized carbons (Fsp3) is 0.440. The summed E-state index contributed by atoms with van der Waals surface area (Å²) in [6, 6.07) is 15.4. The summed E-state index contributed by atoms with van der Waals surface area (Å²) in [5.74, 6) is -0.0136. The van der Waals surface area contributed by atoms with E-state index in [1.54, 1.807) is 45.2 Å². The number of benzene rings is 1. The van der Waals surface area contributed by atoms with Crippen LogP contribution in [0.3, 0.4) is 0 Å². The number of hydrogen-bond acceptors (Lipinski definition) is 7. The number of amides is 2. The van der Waals surface area contributed by atoms with Gasteiger partial charge in [-0.1, -0.05) is 36.4 Å². The Bertz CT molecular complexity index is 926. The Morgan fingerprint density at radius 3 is 2.47 bits per heavy atom. The Morgan fingerprint density at radius 1 is 1.09 bits per heavy atom. The van der Waals surface area contributed by atoms with Crippen LogP contribution in [0.15, 0.2) is 54.7 Å². The van der Waals surface area contributed by atoms with Gasteiger partial charge in [-0.3, -0.25) is 4.79 Å². The quantitative estimate of drug-likeness (QED) is 0.490. The largest absolute Gasteiger partial charge is 0.478 e. The molecule has 2 N–H and O–H groups in total. The van der Waals surface area contributed by atoms with Crippen molar-refractivity contribution in [3.05, 3.63) is 60.3 Å². The number of ether oxygens (including phenoxy) is 3. The van der Waals surface area contributed by atoms with Crippen molar-refractivity contribution in [3.63, 3.8) is 0 Å². The van der Waals surface area contributed by atoms with E-state index in [0.717, 1.165) is 5.56 Å². The number of pyridine rings is 1. The van der Waals surface area contributed by atoms with Gasteiger partial charge in [-0.2, -0.15) is 5.26 Å². The lowest BCUT2D eigenvalue weighted by Crippen LogP contribution is -2.52. The summed E-state index contributed by atoms with van der Waals surface area (Å²) in [5.41, 5.74) is 0.218. The predicted octanol–water partition coefficient (Wildman–Crippen LogP) is 3.36. The molecule has 2 atom stereocenters. The molecule has 182 valence electrons. The van der Waals surface area contributed by atoms with E-state index in [1.165, 1.54) is 0 Å². The number of nitriles is 1. The molecule has 2 aromatic rings. The molecular formula is C25H32N4O5. The molecule has 9 heteroatoms. The number of carbonyl (C=O) groups is 2. The van der Waals surface area contributed by atoms with Crippen LogP contribution in [0, 0.1) is 11.3 Å². The third-order valence-corrected chi connectivity index (χ3v) is 4.44. The van der Waals surface area contributed by atoms with Crippen LogP contribution in [0.5, 0.6) is 5.88 Å². The van der Waals surface area contributed by atoms with Gasteiger partial charge in [-0.05, 0) is 32.4 Å². The fourth-order valence-corrected chi connectivity index (χ4v) is 2.88. The van der Waals surface area contributed by atoms with Gasteiger partial charge in [0.1, 0.15) is 11.6 Å². The lowest BCUT2D eigenvalue weighted by molar-refractivity contribution is -0.125. The highest BCUT2D eigenvalue weighted by Crippen LogP contribution is 2.09. The summed E-state index contributed by atoms with van der Waals surface area (Å²) in [7, 11) is 0. The van der Waals surface area contributed by atoms with Crippen molar-refractivity contribution >= 4 is 12.0 Å². The molecule has 0 bridgehead atoms. The molecule has 34 heavy (non-hydrogen) atoms. The van der Waals surface area contributed by atoms with E-state index < -0.39 is 29.7 Å². The number of carbonyl (C=O) groups excluding carboxylic acids is 2. The van der Waals surface area contributed by atoms with Crippen LogP contribution in [0.25, 0.3) is 0 Å². The van der Waals surface area contributed by atoms with Gasteiger partial charge in [0.15, 0.2) is 0 Å². The van der Waals surface area contributed by atoms with E-state index in [-0.39, 0.29) is 26.2 Å². The van der Waals surface area contributed by atoms with Crippen molar-refractivity contribution in [3.8, 4) is 11.9 Å². The molecule has 1 aromatic carbocycles. The van der Waals surface area contributed by atoms with Crippen molar-refractivity contribution in [2.45, 2.75) is 57.9 Å². The molecule has 0 unspecified atom stereocenters. The normalized spacial score (nSPS) is 12.6. The van der Waals surface area contributed by atoms with Crippen LogP contribution < -0.4 is 15.4 Å². The van der Waals surface area contributed by atoms with E-state index in [0.29, 0.717) is 12.3 Å². The molecule has 0 radical (unpaired) electrons. The first-order valence-electron chi connectivity index (χ1n) is 11.1. The number of nitrogens with zero attached hydrogens (tertiary/aromatic N) is 2. The zero-order chi connectivity index (χ0) is 24.8. The summed E-state index contributed by atoms with van der Waals surface area (Å²) < 4.78 is 16.5. The molecule has 0 fully saturated rings. The molecule has 0 aliphatic rings. The third kappa shape index (κ3) is 10.8. The molecule has 0 saturated heterocycles. The predicted molar refractivity (Wildman–Crippen MR) is 126 cm³/mol. The minimum absolute atomic E-state index is 0.0658. The van der Waals surface area contributed by atoms with Gasteiger partial charge < -0.3 is 24.8 Å². The van der Waals surface area contributed by atoms with Crippen LogP contribution in [0.2, 0.25) is 0 Å². The van der Waals surface area contributed by atoms with E-state index in [2.05, 4.69) is 21.7 Å². The second-order valence-electron chi connectivity index (χ2n) is 8.57. The van der Waals surface area contributed by atoms with E-state index in [1.807, 2.05) is 30.3 Å². The molecule has 0 aliphatic heterocycles. The monoisotopic (exact) mass is 468 g/mol. The van der Waals surface area contributed by atoms with Crippen LogP contribution in [-0.2, 0) is 20.9 Å². The van der Waals surface area contributed by atoms with Gasteiger partial charge in [0.2, 0.25) is 11.8 Å². The first-order chi connectivity index (χ1) is 16.3. The number of alkyl carbamates (subject to hydrolysis) is 1. The Morgan fingerprint density at radius 2 is 1.82 bits per heavy atom. The van der Waals surface area contributed by atoms with Crippen molar-refractivity contribution in [2.24, 2.45) is 0 Å². The van der Waals surface area contributed by atoms with Crippen molar-refractivity contribution < 1.29 is 23.8 Å². The Labute approximate surface area is 200 Å². The average Bonchev–Trinajstić information content (AvgIpc) is 2.78. The van der Waals surface area contributed by atoms with Crippen LogP contribution in [0.1, 0.15) is 39.2 Å². The van der Waals surface area contributed by atoms with Crippen molar-refractivity contribution in [1.82, 2.24) is 15.6 Å². The van der Waals surface area contributed by atoms with Crippen LogP contribution in [-0.4, -0.2) is 47.9 Å². The molecule has 9 nitrogen and oxygen atoms in total. The first kappa shape index (κ1) is 26.6. The summed E-state index contributed by atoms with van der Waals surface area (Å²) in [6.45, 7) is 5.68. The summed E-state index contributed by atoms with van der Waals surface area (Å²) in [4.78, 5) is 29.4. The number of nitrogens with one attached hydrogen (secondary N) is 2. The van der Waals surface area contributed by atoms with Gasteiger partial charge in [0.05, 0.1) is 32.3 Å². The number of hydrogen-bond donors (Lipinski definition) is 2. The van der Waals surface area contributed by atoms with E-state index >= 15 is 0 Å². The second-order valence-corrected chi connectivity index (χ2v) is 8.57. The molecule has 0 saturated carbocycles. The molecule has 0 aliphatic carbocycles. The van der Waals surface area contributed by atoms with Crippen molar-refractivity contribution in [1.29, 1.82) is 5.26 Å². The Hall–Kier alpha value is -3.64. The highest BCUT2D eigenvalue weighted by atomic mass is 16.6. The van der Waals surface area contributed by atoms with Crippen LogP contribution >= 0.6 is 0 Å². The second kappa shape index (κ2) is 13.8. The van der Waals surface area contributed by atoms with Gasteiger partial charge in [-0.15, -0.1) is 0 Å². The third-order valence-electron chi connectivity index (χ3n) is 4.44. The van der Waals surface area contributed by atoms with E-state index in [4.69, 9.17) is 14.2 Å². The average molecular weight is 469 g/mol. The lowest BCUT2D eigenvalue weighted by atomic mass is 10.1. The number of rotatable bonds is 12. The Balaban J connectivity index is 1.96. The van der Waals surface area contributed by atoms with Crippen LogP contribution in [0.4, 0.5) is 4.79 Å². The van der Waals surface area contributed by atoms with Crippen molar-refractivity contribution in [2.75, 3.05) is 13.2 Å². The zero-order valence-electron chi connectivity index (χ0n) is 19.8. The molecule has 2 amide bonds. The summed E-state index contributed by atoms with van der Waals surface area (Å²) in [5, 5.41) is 14.6. The van der Waals surface area contributed by atoms with Gasteiger partial charge in [-0.25, -0.2) is 9.78 Å².